The topological polar surface area (TPSA) is 63.7 Å². The Labute approximate surface area is 230 Å². The first-order valence-electron chi connectivity index (χ1n) is 13.4. The Bertz CT molecular complexity index is 1430. The number of anilines is 1. The number of nitrogens with zero attached hydrogens (tertiary/aromatic N) is 3. The molecule has 2 N–H and O–H groups in total. The number of hydrogen-bond donors (Lipinski definition) is 1. The van der Waals surface area contributed by atoms with Gasteiger partial charge in [-0.2, -0.15) is 5.10 Å². The summed E-state index contributed by atoms with van der Waals surface area (Å²) in [5.41, 5.74) is 10.8. The number of aromatic nitrogens is 1. The number of nitrogens with two attached hydrogens (primary N) is 1. The highest BCUT2D eigenvalue weighted by Crippen LogP contribution is 2.48. The maximum atomic E-state index is 6.15. The van der Waals surface area contributed by atoms with Gasteiger partial charge in [0.15, 0.2) is 0 Å². The van der Waals surface area contributed by atoms with Crippen LogP contribution in [-0.4, -0.2) is 27.9 Å². The minimum absolute atomic E-state index is 0.0407. The minimum atomic E-state index is -0.693. The van der Waals surface area contributed by atoms with E-state index in [1.54, 1.807) is 6.20 Å². The van der Waals surface area contributed by atoms with E-state index in [4.69, 9.17) is 15.6 Å². The summed E-state index contributed by atoms with van der Waals surface area (Å²) in [6, 6.07) is 35.8. The summed E-state index contributed by atoms with van der Waals surface area (Å²) in [4.78, 5) is 4.24. The quantitative estimate of drug-likeness (QED) is 0.286. The van der Waals surface area contributed by atoms with E-state index < -0.39 is 5.54 Å². The average Bonchev–Trinajstić information content (AvgIpc) is 3.34. The maximum Gasteiger partial charge on any atom is 0.133 e. The number of rotatable bonds is 7. The standard InChI is InChI=1S/C34H32N4O/c1-24(2)39-29-18-19-31-30(23-29)33(25-20-21-36-32(35)22-25)37-38(31)34(26-12-6-3-7-13-26,27-14-8-4-9-15-27)28-16-10-5-11-17-28/h3-24,30-31H,1-2H3,(H2,35,36). The van der Waals surface area contributed by atoms with E-state index in [2.05, 4.69) is 119 Å². The smallest absolute Gasteiger partial charge is 0.133 e. The largest absolute Gasteiger partial charge is 0.491 e. The van der Waals surface area contributed by atoms with Gasteiger partial charge in [-0.15, -0.1) is 0 Å². The lowest BCUT2D eigenvalue weighted by atomic mass is 9.75. The number of nitrogen functional groups attached to an aromatic ring is 1. The van der Waals surface area contributed by atoms with Crippen LogP contribution in [0.4, 0.5) is 5.82 Å². The molecule has 0 saturated heterocycles. The van der Waals surface area contributed by atoms with Crippen LogP contribution >= 0.6 is 0 Å². The van der Waals surface area contributed by atoms with Gasteiger partial charge in [0.25, 0.3) is 0 Å². The van der Waals surface area contributed by atoms with Crippen LogP contribution in [0.5, 0.6) is 0 Å². The number of hydrazone groups is 1. The summed E-state index contributed by atoms with van der Waals surface area (Å²) in [6.45, 7) is 4.09. The van der Waals surface area contributed by atoms with Crippen LogP contribution in [0, 0.1) is 5.92 Å². The molecule has 0 spiro atoms. The molecular formula is C34H32N4O. The summed E-state index contributed by atoms with van der Waals surface area (Å²) < 4.78 is 6.15. The molecule has 2 unspecified atom stereocenters. The van der Waals surface area contributed by atoms with Crippen molar-refractivity contribution in [1.82, 2.24) is 9.99 Å². The molecule has 5 nitrogen and oxygen atoms in total. The highest BCUT2D eigenvalue weighted by Gasteiger charge is 2.50. The number of allylic oxidation sites excluding steroid dienone is 1. The zero-order valence-corrected chi connectivity index (χ0v) is 22.2. The summed E-state index contributed by atoms with van der Waals surface area (Å²) in [5.74, 6) is 1.29. The lowest BCUT2D eigenvalue weighted by molar-refractivity contribution is 0.126. The lowest BCUT2D eigenvalue weighted by Gasteiger charge is -2.45. The minimum Gasteiger partial charge on any atom is -0.491 e. The molecule has 6 rings (SSSR count). The zero-order chi connectivity index (χ0) is 26.8. The molecular weight excluding hydrogens is 480 g/mol. The maximum absolute atomic E-state index is 6.15. The third kappa shape index (κ3) is 4.40. The number of pyridine rings is 1. The third-order valence-electron chi connectivity index (χ3n) is 7.35. The van der Waals surface area contributed by atoms with E-state index in [0.717, 1.165) is 33.7 Å². The third-order valence-corrected chi connectivity index (χ3v) is 7.35. The van der Waals surface area contributed by atoms with Crippen LogP contribution in [0.3, 0.4) is 0 Å². The Balaban J connectivity index is 1.64. The monoisotopic (exact) mass is 512 g/mol. The molecule has 0 amide bonds. The normalized spacial score (nSPS) is 18.5. The van der Waals surface area contributed by atoms with E-state index in [-0.39, 0.29) is 18.1 Å². The highest BCUT2D eigenvalue weighted by atomic mass is 16.5. The van der Waals surface area contributed by atoms with Crippen molar-refractivity contribution in [3.8, 4) is 0 Å². The van der Waals surface area contributed by atoms with Crippen molar-refractivity contribution in [3.05, 3.63) is 156 Å². The molecule has 2 aliphatic rings. The summed E-state index contributed by atoms with van der Waals surface area (Å²) in [6.07, 6.45) is 8.33. The first-order valence-corrected chi connectivity index (χ1v) is 13.4. The summed E-state index contributed by atoms with van der Waals surface area (Å²) >= 11 is 0. The second kappa shape index (κ2) is 10.3. The second-order valence-electron chi connectivity index (χ2n) is 10.2. The molecule has 3 aromatic carbocycles. The molecule has 0 radical (unpaired) electrons. The van der Waals surface area contributed by atoms with Crippen molar-refractivity contribution in [1.29, 1.82) is 0 Å². The average molecular weight is 513 g/mol. The van der Waals surface area contributed by atoms with Gasteiger partial charge >= 0.3 is 0 Å². The Morgan fingerprint density at radius 3 is 1.90 bits per heavy atom. The molecule has 0 bridgehead atoms. The van der Waals surface area contributed by atoms with Gasteiger partial charge in [0.1, 0.15) is 17.1 Å². The van der Waals surface area contributed by atoms with Crippen molar-refractivity contribution in [3.63, 3.8) is 0 Å². The molecule has 1 aliphatic carbocycles. The van der Waals surface area contributed by atoms with Crippen molar-refractivity contribution in [2.75, 3.05) is 5.73 Å². The SMILES string of the molecule is CC(C)OC1=CC2C(c3ccnc(N)c3)=NN(C(c3ccccc3)(c3ccccc3)c3ccccc3)C2C=C1. The van der Waals surface area contributed by atoms with E-state index >= 15 is 0 Å². The van der Waals surface area contributed by atoms with Gasteiger partial charge in [-0.25, -0.2) is 4.98 Å². The number of fused-ring (bicyclic) bond motifs is 1. The second-order valence-corrected chi connectivity index (χ2v) is 10.2. The molecule has 2 heterocycles. The van der Waals surface area contributed by atoms with Crippen LogP contribution in [0.15, 0.2) is 138 Å². The van der Waals surface area contributed by atoms with Crippen LogP contribution in [0.1, 0.15) is 36.1 Å². The molecule has 1 aliphatic heterocycles. The van der Waals surface area contributed by atoms with Gasteiger partial charge in [0.2, 0.25) is 0 Å². The van der Waals surface area contributed by atoms with Crippen LogP contribution < -0.4 is 5.73 Å². The molecule has 0 saturated carbocycles. The Kier molecular flexibility index (Phi) is 6.49. The van der Waals surface area contributed by atoms with Crippen LogP contribution in [-0.2, 0) is 10.3 Å². The Morgan fingerprint density at radius 2 is 1.38 bits per heavy atom. The highest BCUT2D eigenvalue weighted by molar-refractivity contribution is 6.05. The van der Waals surface area contributed by atoms with Crippen LogP contribution in [0.25, 0.3) is 0 Å². The number of ether oxygens (including phenoxy) is 1. The first kappa shape index (κ1) is 24.7. The van der Waals surface area contributed by atoms with E-state index in [1.807, 2.05) is 26.0 Å². The van der Waals surface area contributed by atoms with Gasteiger partial charge in [-0.3, -0.25) is 5.01 Å². The summed E-state index contributed by atoms with van der Waals surface area (Å²) in [7, 11) is 0. The van der Waals surface area contributed by atoms with Gasteiger partial charge in [0, 0.05) is 11.8 Å². The predicted molar refractivity (Wildman–Crippen MR) is 157 cm³/mol. The van der Waals surface area contributed by atoms with Crippen molar-refractivity contribution in [2.24, 2.45) is 11.0 Å². The Morgan fingerprint density at radius 1 is 0.821 bits per heavy atom. The van der Waals surface area contributed by atoms with E-state index in [1.165, 1.54) is 0 Å². The van der Waals surface area contributed by atoms with Crippen molar-refractivity contribution < 1.29 is 4.74 Å². The first-order chi connectivity index (χ1) is 19.1. The van der Waals surface area contributed by atoms with Gasteiger partial charge < -0.3 is 10.5 Å². The van der Waals surface area contributed by atoms with Crippen molar-refractivity contribution >= 4 is 11.5 Å². The fourth-order valence-corrected chi connectivity index (χ4v) is 5.81. The predicted octanol–water partition coefficient (Wildman–Crippen LogP) is 6.54. The fourth-order valence-electron chi connectivity index (χ4n) is 5.81. The molecule has 194 valence electrons. The lowest BCUT2D eigenvalue weighted by Crippen LogP contribution is -2.49. The van der Waals surface area contributed by atoms with Crippen molar-refractivity contribution in [2.45, 2.75) is 31.5 Å². The molecule has 39 heavy (non-hydrogen) atoms. The molecule has 2 atom stereocenters. The van der Waals surface area contributed by atoms with E-state index in [0.29, 0.717) is 5.82 Å². The van der Waals surface area contributed by atoms with Crippen LogP contribution in [0.2, 0.25) is 0 Å². The Hall–Kier alpha value is -4.64. The summed E-state index contributed by atoms with van der Waals surface area (Å²) in [5, 5.41) is 7.75. The molecule has 0 fully saturated rings. The van der Waals surface area contributed by atoms with Gasteiger partial charge in [-0.1, -0.05) is 97.1 Å². The van der Waals surface area contributed by atoms with Gasteiger partial charge in [-0.05, 0) is 54.8 Å². The molecule has 4 aromatic rings. The molecule has 1 aromatic heterocycles. The zero-order valence-electron chi connectivity index (χ0n) is 22.2. The van der Waals surface area contributed by atoms with Gasteiger partial charge in [0.05, 0.1) is 23.8 Å². The number of hydrogen-bond acceptors (Lipinski definition) is 5. The van der Waals surface area contributed by atoms with E-state index in [9.17, 15) is 0 Å². The molecule has 5 heteroatoms. The number of benzene rings is 3. The fraction of sp³-hybridized carbons (Fsp3) is 0.176.